The summed E-state index contributed by atoms with van der Waals surface area (Å²) in [6.45, 7) is -0.0362. The van der Waals surface area contributed by atoms with E-state index in [9.17, 15) is 13.2 Å². The van der Waals surface area contributed by atoms with E-state index in [1.807, 2.05) is 0 Å². The van der Waals surface area contributed by atoms with Crippen LogP contribution in [0.5, 0.6) is 5.75 Å². The molecule has 1 aromatic heterocycles. The Balaban J connectivity index is 1.80. The standard InChI is InChI=1S/C25H25F2IN4O4S/c1-32(13-11-17-4-2-3-12-30-17)37(34,35)24-21(27)20(26)22(31-18-9-7-16(28)8-10-18)19(25(29)33)23(24)36-14-15-5-6-15/h2-4,7-10,12,15,31H,5-6,11,13-14H2,1H3,(H2,29,33). The van der Waals surface area contributed by atoms with Crippen molar-refractivity contribution in [3.05, 3.63) is 75.1 Å². The molecule has 1 aliphatic rings. The van der Waals surface area contributed by atoms with Gasteiger partial charge in [-0.2, -0.15) is 0 Å². The number of primary amides is 1. The Labute approximate surface area is 227 Å². The fraction of sp³-hybridized carbons (Fsp3) is 0.280. The van der Waals surface area contributed by atoms with Crippen LogP contribution in [0.15, 0.2) is 53.6 Å². The SMILES string of the molecule is CN(CCc1ccccn1)S(=O)(=O)c1c(F)c(F)c(Nc2ccc(I)cc2)c(C(N)=O)c1OCC1CC1. The average Bonchev–Trinajstić information content (AvgIpc) is 3.70. The number of hydrogen-bond acceptors (Lipinski definition) is 6. The summed E-state index contributed by atoms with van der Waals surface area (Å²) < 4.78 is 65.7. The normalized spacial score (nSPS) is 13.5. The quantitative estimate of drug-likeness (QED) is 0.299. The highest BCUT2D eigenvalue weighted by atomic mass is 127. The van der Waals surface area contributed by atoms with Crippen molar-refractivity contribution in [1.29, 1.82) is 0 Å². The molecule has 2 aromatic carbocycles. The number of nitrogens with zero attached hydrogens (tertiary/aromatic N) is 2. The van der Waals surface area contributed by atoms with Gasteiger partial charge in [-0.3, -0.25) is 9.78 Å². The molecule has 0 atom stereocenters. The van der Waals surface area contributed by atoms with E-state index >= 15 is 8.78 Å². The van der Waals surface area contributed by atoms with Gasteiger partial charge in [0.1, 0.15) is 5.56 Å². The van der Waals surface area contributed by atoms with Crippen LogP contribution in [0.25, 0.3) is 0 Å². The van der Waals surface area contributed by atoms with Gasteiger partial charge in [0, 0.05) is 41.2 Å². The Morgan fingerprint density at radius 3 is 2.49 bits per heavy atom. The summed E-state index contributed by atoms with van der Waals surface area (Å²) in [6.07, 6.45) is 3.49. The lowest BCUT2D eigenvalue weighted by atomic mass is 10.1. The van der Waals surface area contributed by atoms with Gasteiger partial charge in [-0.05, 0) is 77.7 Å². The van der Waals surface area contributed by atoms with Gasteiger partial charge in [0.25, 0.3) is 5.91 Å². The van der Waals surface area contributed by atoms with Crippen LogP contribution in [0, 0.1) is 21.1 Å². The van der Waals surface area contributed by atoms with Crippen molar-refractivity contribution in [2.45, 2.75) is 24.2 Å². The molecule has 1 saturated carbocycles. The van der Waals surface area contributed by atoms with Gasteiger partial charge in [-0.25, -0.2) is 21.5 Å². The number of amides is 1. The van der Waals surface area contributed by atoms with Gasteiger partial charge in [0.2, 0.25) is 10.0 Å². The zero-order chi connectivity index (χ0) is 26.7. The molecule has 0 spiro atoms. The van der Waals surface area contributed by atoms with Crippen LogP contribution in [0.2, 0.25) is 0 Å². The van der Waals surface area contributed by atoms with Crippen LogP contribution in [0.1, 0.15) is 28.9 Å². The Bertz CT molecular complexity index is 1400. The second-order valence-electron chi connectivity index (χ2n) is 8.68. The second kappa shape index (κ2) is 11.3. The number of hydrogen-bond donors (Lipinski definition) is 2. The molecule has 196 valence electrons. The largest absolute Gasteiger partial charge is 0.491 e. The van der Waals surface area contributed by atoms with E-state index in [4.69, 9.17) is 10.5 Å². The fourth-order valence-corrected chi connectivity index (χ4v) is 5.34. The summed E-state index contributed by atoms with van der Waals surface area (Å²) in [7, 11) is -3.40. The topological polar surface area (TPSA) is 115 Å². The number of likely N-dealkylation sites (N-methyl/N-ethyl adjacent to an activating group) is 1. The molecule has 0 radical (unpaired) electrons. The maximum atomic E-state index is 15.6. The molecule has 3 N–H and O–H groups in total. The molecule has 3 aromatic rings. The van der Waals surface area contributed by atoms with Gasteiger partial charge in [0.05, 0.1) is 12.3 Å². The molecule has 4 rings (SSSR count). The lowest BCUT2D eigenvalue weighted by Gasteiger charge is -2.23. The number of pyridine rings is 1. The minimum absolute atomic E-state index is 0.0362. The minimum atomic E-state index is -4.64. The maximum absolute atomic E-state index is 15.6. The Hall–Kier alpha value is -2.84. The molecular formula is C25H25F2IN4O4S. The van der Waals surface area contributed by atoms with Gasteiger partial charge >= 0.3 is 0 Å². The number of sulfonamides is 1. The molecular weight excluding hydrogens is 617 g/mol. The van der Waals surface area contributed by atoms with E-state index in [1.54, 1.807) is 48.7 Å². The second-order valence-corrected chi connectivity index (χ2v) is 11.9. The summed E-state index contributed by atoms with van der Waals surface area (Å²) in [5.41, 5.74) is 5.39. The molecule has 0 aliphatic heterocycles. The smallest absolute Gasteiger partial charge is 0.254 e. The van der Waals surface area contributed by atoms with Gasteiger partial charge in [0.15, 0.2) is 22.3 Å². The van der Waals surface area contributed by atoms with E-state index in [-0.39, 0.29) is 25.5 Å². The van der Waals surface area contributed by atoms with Crippen molar-refractivity contribution in [1.82, 2.24) is 9.29 Å². The fourth-order valence-electron chi connectivity index (χ4n) is 3.62. The number of halogens is 3. The highest BCUT2D eigenvalue weighted by Crippen LogP contribution is 2.42. The van der Waals surface area contributed by atoms with E-state index < -0.39 is 49.5 Å². The highest BCUT2D eigenvalue weighted by molar-refractivity contribution is 14.1. The van der Waals surface area contributed by atoms with Crippen LogP contribution in [0.3, 0.4) is 0 Å². The number of nitrogens with two attached hydrogens (primary N) is 1. The van der Waals surface area contributed by atoms with Crippen molar-refractivity contribution >= 4 is 49.9 Å². The predicted octanol–water partition coefficient (Wildman–Crippen LogP) is 4.46. The zero-order valence-electron chi connectivity index (χ0n) is 19.9. The molecule has 12 heteroatoms. The third-order valence-electron chi connectivity index (χ3n) is 5.89. The van der Waals surface area contributed by atoms with Crippen molar-refractivity contribution in [2.75, 3.05) is 25.5 Å². The number of aromatic nitrogens is 1. The van der Waals surface area contributed by atoms with E-state index in [0.29, 0.717) is 11.4 Å². The van der Waals surface area contributed by atoms with Crippen LogP contribution in [-0.4, -0.2) is 43.8 Å². The zero-order valence-corrected chi connectivity index (χ0v) is 22.9. The van der Waals surface area contributed by atoms with Crippen LogP contribution in [-0.2, 0) is 16.4 Å². The molecule has 0 saturated heterocycles. The number of benzene rings is 2. The van der Waals surface area contributed by atoms with Crippen molar-refractivity contribution in [3.8, 4) is 5.75 Å². The number of ether oxygens (including phenoxy) is 1. The van der Waals surface area contributed by atoms with Crippen LogP contribution < -0.4 is 15.8 Å². The van der Waals surface area contributed by atoms with Crippen molar-refractivity contribution in [2.24, 2.45) is 11.7 Å². The van der Waals surface area contributed by atoms with Crippen molar-refractivity contribution < 1.29 is 26.7 Å². The molecule has 1 fully saturated rings. The van der Waals surface area contributed by atoms with Gasteiger partial charge in [-0.15, -0.1) is 0 Å². The Morgan fingerprint density at radius 2 is 1.89 bits per heavy atom. The van der Waals surface area contributed by atoms with E-state index in [0.717, 1.165) is 20.7 Å². The summed E-state index contributed by atoms with van der Waals surface area (Å²) in [5, 5.41) is 2.67. The number of anilines is 2. The minimum Gasteiger partial charge on any atom is -0.491 e. The molecule has 0 unspecified atom stereocenters. The molecule has 0 bridgehead atoms. The molecule has 1 aliphatic carbocycles. The first-order valence-corrected chi connectivity index (χ1v) is 14.0. The lowest BCUT2D eigenvalue weighted by molar-refractivity contribution is 0.0995. The van der Waals surface area contributed by atoms with Crippen molar-refractivity contribution in [3.63, 3.8) is 0 Å². The van der Waals surface area contributed by atoms with Crippen LogP contribution in [0.4, 0.5) is 20.2 Å². The lowest BCUT2D eigenvalue weighted by Crippen LogP contribution is -2.31. The predicted molar refractivity (Wildman–Crippen MR) is 143 cm³/mol. The third kappa shape index (κ3) is 6.18. The van der Waals surface area contributed by atoms with Gasteiger partial charge in [-0.1, -0.05) is 6.07 Å². The third-order valence-corrected chi connectivity index (χ3v) is 8.50. The van der Waals surface area contributed by atoms with Gasteiger partial charge < -0.3 is 15.8 Å². The van der Waals surface area contributed by atoms with E-state index in [2.05, 4.69) is 32.9 Å². The highest BCUT2D eigenvalue weighted by Gasteiger charge is 2.38. The molecule has 8 nitrogen and oxygen atoms in total. The molecule has 1 amide bonds. The Kier molecular flexibility index (Phi) is 8.29. The summed E-state index contributed by atoms with van der Waals surface area (Å²) in [6, 6.07) is 11.9. The maximum Gasteiger partial charge on any atom is 0.254 e. The first-order chi connectivity index (χ1) is 17.6. The first kappa shape index (κ1) is 27.2. The summed E-state index contributed by atoms with van der Waals surface area (Å²) in [4.78, 5) is 15.7. The molecule has 1 heterocycles. The monoisotopic (exact) mass is 642 g/mol. The number of carbonyl (C=O) groups is 1. The number of carbonyl (C=O) groups excluding carboxylic acids is 1. The van der Waals surface area contributed by atoms with E-state index in [1.165, 1.54) is 7.05 Å². The number of nitrogens with one attached hydrogen (secondary N) is 1. The summed E-state index contributed by atoms with van der Waals surface area (Å²) >= 11 is 2.08. The first-order valence-electron chi connectivity index (χ1n) is 11.5. The summed E-state index contributed by atoms with van der Waals surface area (Å²) in [5.74, 6) is -4.85. The number of rotatable bonds is 11. The Morgan fingerprint density at radius 1 is 1.19 bits per heavy atom. The van der Waals surface area contributed by atoms with Crippen LogP contribution >= 0.6 is 22.6 Å². The molecule has 37 heavy (non-hydrogen) atoms. The average molecular weight is 642 g/mol.